The van der Waals surface area contributed by atoms with Crippen LogP contribution in [0.2, 0.25) is 0 Å². The van der Waals surface area contributed by atoms with Crippen LogP contribution in [-0.2, 0) is 4.79 Å². The molecule has 4 nitrogen and oxygen atoms in total. The first-order chi connectivity index (χ1) is 9.65. The first-order valence-corrected chi connectivity index (χ1v) is 7.02. The molecule has 2 aromatic rings. The van der Waals surface area contributed by atoms with Crippen LogP contribution in [0.4, 0.5) is 11.4 Å². The lowest BCUT2D eigenvalue weighted by Crippen LogP contribution is -2.22. The Morgan fingerprint density at radius 2 is 2.10 bits per heavy atom. The summed E-state index contributed by atoms with van der Waals surface area (Å²) in [6, 6.07) is 13.0. The summed E-state index contributed by atoms with van der Waals surface area (Å²) >= 11 is 3.34. The van der Waals surface area contributed by atoms with Gasteiger partial charge in [0.25, 0.3) is 0 Å². The van der Waals surface area contributed by atoms with E-state index in [1.807, 2.05) is 30.3 Å². The van der Waals surface area contributed by atoms with Gasteiger partial charge in [-0.3, -0.25) is 4.79 Å². The summed E-state index contributed by atoms with van der Waals surface area (Å²) < 4.78 is 6.40. The zero-order valence-corrected chi connectivity index (χ0v) is 12.2. The minimum absolute atomic E-state index is 0.107. The Kier molecular flexibility index (Phi) is 3.36. The van der Waals surface area contributed by atoms with E-state index in [1.54, 1.807) is 12.1 Å². The molecule has 2 aromatic carbocycles. The molecule has 0 aromatic heterocycles. The average Bonchev–Trinajstić information content (AvgIpc) is 2.86. The maximum atomic E-state index is 12.4. The molecule has 1 unspecified atom stereocenters. The minimum Gasteiger partial charge on any atom is -0.492 e. The van der Waals surface area contributed by atoms with Gasteiger partial charge in [0.1, 0.15) is 18.3 Å². The van der Waals surface area contributed by atoms with Gasteiger partial charge in [-0.1, -0.05) is 34.1 Å². The van der Waals surface area contributed by atoms with Crippen molar-refractivity contribution in [3.05, 3.63) is 52.5 Å². The SMILES string of the molecule is Nc1cc(Br)ccc1NC(=O)C1COc2ccccc21. The fourth-order valence-corrected chi connectivity index (χ4v) is 2.63. The van der Waals surface area contributed by atoms with Crippen molar-refractivity contribution in [1.29, 1.82) is 0 Å². The van der Waals surface area contributed by atoms with Crippen LogP contribution >= 0.6 is 15.9 Å². The summed E-state index contributed by atoms with van der Waals surface area (Å²) in [5.41, 5.74) is 7.95. The molecule has 0 saturated heterocycles. The van der Waals surface area contributed by atoms with Crippen molar-refractivity contribution in [1.82, 2.24) is 0 Å². The van der Waals surface area contributed by atoms with E-state index >= 15 is 0 Å². The lowest BCUT2D eigenvalue weighted by molar-refractivity contribution is -0.117. The summed E-state index contributed by atoms with van der Waals surface area (Å²) in [5.74, 6) is 0.370. The number of benzene rings is 2. The van der Waals surface area contributed by atoms with E-state index in [0.717, 1.165) is 15.8 Å². The van der Waals surface area contributed by atoms with E-state index in [4.69, 9.17) is 10.5 Å². The van der Waals surface area contributed by atoms with Crippen molar-refractivity contribution in [2.45, 2.75) is 5.92 Å². The number of nitrogen functional groups attached to an aromatic ring is 1. The minimum atomic E-state index is -0.297. The number of nitrogens with two attached hydrogens (primary N) is 1. The van der Waals surface area contributed by atoms with Crippen molar-refractivity contribution in [2.75, 3.05) is 17.7 Å². The summed E-state index contributed by atoms with van der Waals surface area (Å²) in [7, 11) is 0. The molecule has 1 atom stereocenters. The second-order valence-corrected chi connectivity index (χ2v) is 5.54. The molecule has 0 radical (unpaired) electrons. The lowest BCUT2D eigenvalue weighted by Gasteiger charge is -2.12. The highest BCUT2D eigenvalue weighted by atomic mass is 79.9. The third-order valence-corrected chi connectivity index (χ3v) is 3.78. The molecule has 1 aliphatic heterocycles. The molecule has 0 spiro atoms. The Balaban J connectivity index is 1.81. The quantitative estimate of drug-likeness (QED) is 0.830. The van der Waals surface area contributed by atoms with Gasteiger partial charge >= 0.3 is 0 Å². The summed E-state index contributed by atoms with van der Waals surface area (Å²) in [4.78, 5) is 12.4. The Morgan fingerprint density at radius 1 is 1.30 bits per heavy atom. The second-order valence-electron chi connectivity index (χ2n) is 4.62. The fourth-order valence-electron chi connectivity index (χ4n) is 2.25. The summed E-state index contributed by atoms with van der Waals surface area (Å²) in [6.45, 7) is 0.363. The first-order valence-electron chi connectivity index (χ1n) is 6.23. The molecule has 0 aliphatic carbocycles. The van der Waals surface area contributed by atoms with Gasteiger partial charge in [0.15, 0.2) is 0 Å². The van der Waals surface area contributed by atoms with Crippen LogP contribution in [-0.4, -0.2) is 12.5 Å². The number of para-hydroxylation sites is 1. The lowest BCUT2D eigenvalue weighted by atomic mass is 10.0. The second kappa shape index (κ2) is 5.17. The van der Waals surface area contributed by atoms with Crippen molar-refractivity contribution in [3.63, 3.8) is 0 Å². The van der Waals surface area contributed by atoms with Gasteiger partial charge in [-0.2, -0.15) is 0 Å². The predicted molar refractivity (Wildman–Crippen MR) is 81.9 cm³/mol. The molecule has 1 heterocycles. The van der Waals surface area contributed by atoms with E-state index in [-0.39, 0.29) is 11.8 Å². The molecule has 0 fully saturated rings. The number of hydrogen-bond donors (Lipinski definition) is 2. The number of carbonyl (C=O) groups excluding carboxylic acids is 1. The van der Waals surface area contributed by atoms with Crippen LogP contribution in [0.5, 0.6) is 5.75 Å². The summed E-state index contributed by atoms with van der Waals surface area (Å²) in [6.07, 6.45) is 0. The molecule has 0 saturated carbocycles. The van der Waals surface area contributed by atoms with Crippen LogP contribution in [0.15, 0.2) is 46.9 Å². The van der Waals surface area contributed by atoms with Gasteiger partial charge in [0.05, 0.1) is 11.4 Å². The fraction of sp³-hybridized carbons (Fsp3) is 0.133. The van der Waals surface area contributed by atoms with E-state index < -0.39 is 0 Å². The van der Waals surface area contributed by atoms with Gasteiger partial charge < -0.3 is 15.8 Å². The van der Waals surface area contributed by atoms with Crippen molar-refractivity contribution in [2.24, 2.45) is 0 Å². The topological polar surface area (TPSA) is 64.3 Å². The maximum absolute atomic E-state index is 12.4. The molecule has 3 rings (SSSR count). The Bertz CT molecular complexity index is 673. The third-order valence-electron chi connectivity index (χ3n) is 3.29. The molecule has 0 bridgehead atoms. The number of ether oxygens (including phenoxy) is 1. The summed E-state index contributed by atoms with van der Waals surface area (Å²) in [5, 5.41) is 2.86. The number of carbonyl (C=O) groups is 1. The molecule has 3 N–H and O–H groups in total. The largest absolute Gasteiger partial charge is 0.492 e. The number of anilines is 2. The first kappa shape index (κ1) is 13.0. The monoisotopic (exact) mass is 332 g/mol. The third kappa shape index (κ3) is 2.36. The highest BCUT2D eigenvalue weighted by Crippen LogP contribution is 2.34. The van der Waals surface area contributed by atoms with Crippen molar-refractivity contribution in [3.8, 4) is 5.75 Å². The highest BCUT2D eigenvalue weighted by Gasteiger charge is 2.30. The highest BCUT2D eigenvalue weighted by molar-refractivity contribution is 9.10. The van der Waals surface area contributed by atoms with Crippen LogP contribution in [0, 0.1) is 0 Å². The van der Waals surface area contributed by atoms with Gasteiger partial charge in [-0.25, -0.2) is 0 Å². The smallest absolute Gasteiger partial charge is 0.235 e. The number of hydrogen-bond acceptors (Lipinski definition) is 3. The van der Waals surface area contributed by atoms with E-state index in [2.05, 4.69) is 21.2 Å². The standard InChI is InChI=1S/C15H13BrN2O2/c16-9-5-6-13(12(17)7-9)18-15(19)11-8-20-14-4-2-1-3-10(11)14/h1-7,11H,8,17H2,(H,18,19). The van der Waals surface area contributed by atoms with Crippen LogP contribution in [0.3, 0.4) is 0 Å². The van der Waals surface area contributed by atoms with E-state index in [1.165, 1.54) is 0 Å². The van der Waals surface area contributed by atoms with E-state index in [0.29, 0.717) is 18.0 Å². The average molecular weight is 333 g/mol. The van der Waals surface area contributed by atoms with E-state index in [9.17, 15) is 4.79 Å². The van der Waals surface area contributed by atoms with Gasteiger partial charge in [0, 0.05) is 10.0 Å². The van der Waals surface area contributed by atoms with Gasteiger partial charge in [-0.15, -0.1) is 0 Å². The van der Waals surface area contributed by atoms with Crippen LogP contribution in [0.1, 0.15) is 11.5 Å². The maximum Gasteiger partial charge on any atom is 0.235 e. The molecule has 20 heavy (non-hydrogen) atoms. The Morgan fingerprint density at radius 3 is 2.90 bits per heavy atom. The molecule has 5 heteroatoms. The molecule has 1 aliphatic rings. The predicted octanol–water partition coefficient (Wildman–Crippen LogP) is 3.15. The zero-order valence-electron chi connectivity index (χ0n) is 10.6. The van der Waals surface area contributed by atoms with Crippen molar-refractivity contribution >= 4 is 33.2 Å². The van der Waals surface area contributed by atoms with Crippen LogP contribution in [0.25, 0.3) is 0 Å². The molecule has 1 amide bonds. The number of fused-ring (bicyclic) bond motifs is 1. The number of nitrogens with one attached hydrogen (secondary N) is 1. The molecular formula is C15H13BrN2O2. The normalized spacial score (nSPS) is 16.4. The van der Waals surface area contributed by atoms with Gasteiger partial charge in [-0.05, 0) is 24.3 Å². The number of amides is 1. The molecule has 102 valence electrons. The van der Waals surface area contributed by atoms with Crippen LogP contribution < -0.4 is 15.8 Å². The molecular weight excluding hydrogens is 320 g/mol. The Hall–Kier alpha value is -2.01. The Labute approximate surface area is 125 Å². The number of halogens is 1. The zero-order chi connectivity index (χ0) is 14.1. The number of rotatable bonds is 2. The van der Waals surface area contributed by atoms with Crippen molar-refractivity contribution < 1.29 is 9.53 Å². The van der Waals surface area contributed by atoms with Gasteiger partial charge in [0.2, 0.25) is 5.91 Å².